The van der Waals surface area contributed by atoms with Crippen molar-refractivity contribution in [3.05, 3.63) is 73.2 Å². The van der Waals surface area contributed by atoms with Crippen LogP contribution in [0.1, 0.15) is 1.37 Å². The van der Waals surface area contributed by atoms with Crippen molar-refractivity contribution in [2.24, 2.45) is 0 Å². The van der Waals surface area contributed by atoms with E-state index < -0.39 is 12.0 Å². The van der Waals surface area contributed by atoms with Crippen molar-refractivity contribution in [2.75, 3.05) is 36.3 Å². The predicted molar refractivity (Wildman–Crippen MR) is 118 cm³/mol. The first-order valence-electron chi connectivity index (χ1n) is 9.82. The molecule has 0 fully saturated rings. The molecule has 0 unspecified atom stereocenters. The van der Waals surface area contributed by atoms with E-state index in [1.165, 1.54) is 0 Å². The Morgan fingerprint density at radius 1 is 1.16 bits per heavy atom. The normalized spacial score (nSPS) is 10.7. The van der Waals surface area contributed by atoms with Crippen LogP contribution in [0.2, 0.25) is 0 Å². The summed E-state index contributed by atoms with van der Waals surface area (Å²) in [6.45, 7) is 4.31. The van der Waals surface area contributed by atoms with E-state index in [0.717, 1.165) is 6.08 Å². The fourth-order valence-electron chi connectivity index (χ4n) is 2.48. The van der Waals surface area contributed by atoms with E-state index in [1.807, 2.05) is 0 Å². The maximum Gasteiger partial charge on any atom is 0.247 e. The zero-order valence-electron chi connectivity index (χ0n) is 17.8. The number of amides is 1. The Morgan fingerprint density at radius 3 is 2.68 bits per heavy atom. The molecule has 1 heterocycles. The number of rotatable bonds is 10. The van der Waals surface area contributed by atoms with Gasteiger partial charge in [-0.25, -0.2) is 9.37 Å². The summed E-state index contributed by atoms with van der Waals surface area (Å²) in [5.74, 6) is -0.745. The van der Waals surface area contributed by atoms with Crippen molar-refractivity contribution in [1.29, 1.82) is 0 Å². The topological polar surface area (TPSA) is 97.4 Å². The van der Waals surface area contributed by atoms with E-state index in [1.54, 1.807) is 55.6 Å². The summed E-state index contributed by atoms with van der Waals surface area (Å²) in [5, 5.41) is 8.37. The van der Waals surface area contributed by atoms with Crippen LogP contribution >= 0.6 is 0 Å². The summed E-state index contributed by atoms with van der Waals surface area (Å²) in [6.07, 6.45) is 0.577. The molecule has 0 saturated carbocycles. The quantitative estimate of drug-likeness (QED) is 0.331. The number of carbonyl (C=O) groups excluding carboxylic acids is 1. The van der Waals surface area contributed by atoms with Crippen molar-refractivity contribution in [3.63, 3.8) is 0 Å². The van der Waals surface area contributed by atoms with Crippen molar-refractivity contribution in [2.45, 2.75) is 0 Å². The predicted octanol–water partition coefficient (Wildman–Crippen LogP) is 4.25. The second kappa shape index (κ2) is 10.7. The lowest BCUT2D eigenvalue weighted by Gasteiger charge is -2.11. The molecule has 2 aromatic carbocycles. The smallest absolute Gasteiger partial charge is 0.247 e. The highest BCUT2D eigenvalue weighted by Gasteiger charge is 2.09. The van der Waals surface area contributed by atoms with Gasteiger partial charge in [-0.2, -0.15) is 4.98 Å². The highest BCUT2D eigenvalue weighted by Crippen LogP contribution is 2.23. The number of carbonyl (C=O) groups is 1. The number of nitrogens with one attached hydrogen (secondary N) is 3. The van der Waals surface area contributed by atoms with Gasteiger partial charge in [-0.1, -0.05) is 12.6 Å². The van der Waals surface area contributed by atoms with Crippen LogP contribution in [-0.4, -0.2) is 36.2 Å². The Bertz CT molecular complexity index is 1100. The Morgan fingerprint density at radius 2 is 1.94 bits per heavy atom. The van der Waals surface area contributed by atoms with Crippen LogP contribution in [0.4, 0.5) is 33.2 Å². The maximum absolute atomic E-state index is 14.5. The first-order valence-corrected chi connectivity index (χ1v) is 9.32. The number of hydrogen-bond acceptors (Lipinski definition) is 7. The van der Waals surface area contributed by atoms with Crippen molar-refractivity contribution >= 4 is 34.7 Å². The molecular weight excluding hydrogens is 401 g/mol. The molecule has 0 radical (unpaired) electrons. The third-order valence-electron chi connectivity index (χ3n) is 3.93. The number of anilines is 5. The second-order valence-corrected chi connectivity index (χ2v) is 6.21. The lowest BCUT2D eigenvalue weighted by molar-refractivity contribution is -0.111. The average molecular weight is 424 g/mol. The molecule has 160 valence electrons. The standard InChI is InChI=1S/C22H22FN5O3/c1-3-20(29)25-16-5-4-6-17(13-16)26-21-19(23)14-24-22(28-21)27-15-7-9-18(10-8-15)31-12-11-30-2/h3-10,13-14H,1,11-12H2,2H3,(H,25,29)(H2,24,26,27,28)/i14D. The molecule has 0 saturated heterocycles. The fourth-order valence-corrected chi connectivity index (χ4v) is 2.48. The van der Waals surface area contributed by atoms with E-state index in [-0.39, 0.29) is 17.7 Å². The number of benzene rings is 2. The molecule has 3 aromatic rings. The minimum Gasteiger partial charge on any atom is -0.491 e. The first kappa shape index (κ1) is 20.3. The number of halogens is 1. The van der Waals surface area contributed by atoms with Crippen LogP contribution in [0.3, 0.4) is 0 Å². The molecule has 8 nitrogen and oxygen atoms in total. The van der Waals surface area contributed by atoms with Crippen LogP contribution in [-0.2, 0) is 9.53 Å². The Balaban J connectivity index is 1.74. The van der Waals surface area contributed by atoms with E-state index in [0.29, 0.717) is 36.0 Å². The lowest BCUT2D eigenvalue weighted by Crippen LogP contribution is -2.07. The summed E-state index contributed by atoms with van der Waals surface area (Å²) < 4.78 is 32.7. The van der Waals surface area contributed by atoms with Gasteiger partial charge in [0.1, 0.15) is 12.4 Å². The molecule has 1 aromatic heterocycles. The molecule has 0 spiro atoms. The third kappa shape index (κ3) is 6.51. The summed E-state index contributed by atoms with van der Waals surface area (Å²) in [4.78, 5) is 19.4. The first-order chi connectivity index (χ1) is 15.5. The van der Waals surface area contributed by atoms with Gasteiger partial charge in [0.05, 0.1) is 14.2 Å². The summed E-state index contributed by atoms with van der Waals surface area (Å²) >= 11 is 0. The van der Waals surface area contributed by atoms with E-state index in [9.17, 15) is 9.18 Å². The molecule has 0 aliphatic rings. The van der Waals surface area contributed by atoms with Crippen LogP contribution in [0, 0.1) is 5.82 Å². The summed E-state index contributed by atoms with van der Waals surface area (Å²) in [7, 11) is 1.60. The monoisotopic (exact) mass is 424 g/mol. The van der Waals surface area contributed by atoms with E-state index in [2.05, 4.69) is 32.5 Å². The molecule has 1 amide bonds. The maximum atomic E-state index is 14.5. The van der Waals surface area contributed by atoms with Gasteiger partial charge < -0.3 is 25.4 Å². The van der Waals surface area contributed by atoms with Gasteiger partial charge in [-0.15, -0.1) is 0 Å². The summed E-state index contributed by atoms with van der Waals surface area (Å²) in [6, 6.07) is 13.6. The van der Waals surface area contributed by atoms with Crippen molar-refractivity contribution < 1.29 is 20.0 Å². The van der Waals surface area contributed by atoms with Crippen LogP contribution in [0.25, 0.3) is 0 Å². The Hall–Kier alpha value is -3.98. The molecule has 0 atom stereocenters. The van der Waals surface area contributed by atoms with Crippen LogP contribution in [0.5, 0.6) is 5.75 Å². The largest absolute Gasteiger partial charge is 0.491 e. The number of aromatic nitrogens is 2. The van der Waals surface area contributed by atoms with Crippen LogP contribution in [0.15, 0.2) is 67.4 Å². The Kier molecular flexibility index (Phi) is 7.01. The van der Waals surface area contributed by atoms with Gasteiger partial charge >= 0.3 is 0 Å². The molecule has 0 bridgehead atoms. The molecule has 0 aliphatic carbocycles. The van der Waals surface area contributed by atoms with Gasteiger partial charge in [0.15, 0.2) is 11.6 Å². The average Bonchev–Trinajstić information content (AvgIpc) is 2.78. The van der Waals surface area contributed by atoms with Gasteiger partial charge in [-0.05, 0) is 48.5 Å². The Labute approximate surface area is 180 Å². The zero-order chi connectivity index (χ0) is 22.9. The van der Waals surface area contributed by atoms with Crippen LogP contribution < -0.4 is 20.7 Å². The molecule has 0 aliphatic heterocycles. The number of ether oxygens (including phenoxy) is 2. The van der Waals surface area contributed by atoms with Gasteiger partial charge in [0.25, 0.3) is 0 Å². The van der Waals surface area contributed by atoms with Gasteiger partial charge in [-0.3, -0.25) is 4.79 Å². The minimum absolute atomic E-state index is 0.0445. The third-order valence-corrected chi connectivity index (χ3v) is 3.93. The fraction of sp³-hybridized carbons (Fsp3) is 0.136. The van der Waals surface area contributed by atoms with Gasteiger partial charge in [0.2, 0.25) is 11.9 Å². The highest BCUT2D eigenvalue weighted by molar-refractivity contribution is 5.99. The number of nitrogens with zero attached hydrogens (tertiary/aromatic N) is 2. The number of methoxy groups -OCH3 is 1. The van der Waals surface area contributed by atoms with Crippen molar-refractivity contribution in [1.82, 2.24) is 9.97 Å². The SMILES string of the molecule is [2H]c1nc(Nc2ccc(OCCOC)cc2)nc(Nc2cccc(NC(=O)C=C)c2)c1F. The van der Waals surface area contributed by atoms with E-state index >= 15 is 0 Å². The summed E-state index contributed by atoms with van der Waals surface area (Å²) in [5.41, 5.74) is 1.59. The van der Waals surface area contributed by atoms with E-state index in [4.69, 9.17) is 10.8 Å². The molecule has 31 heavy (non-hydrogen) atoms. The van der Waals surface area contributed by atoms with Crippen molar-refractivity contribution in [3.8, 4) is 5.75 Å². The minimum atomic E-state index is -0.905. The highest BCUT2D eigenvalue weighted by atomic mass is 19.1. The number of hydrogen-bond donors (Lipinski definition) is 3. The molecule has 3 N–H and O–H groups in total. The molecular formula is C22H22FN5O3. The van der Waals surface area contributed by atoms with Gasteiger partial charge in [0, 0.05) is 24.2 Å². The second-order valence-electron chi connectivity index (χ2n) is 6.21. The molecule has 3 rings (SSSR count). The zero-order valence-corrected chi connectivity index (χ0v) is 16.8. The molecule has 9 heteroatoms. The lowest BCUT2D eigenvalue weighted by atomic mass is 10.2.